The van der Waals surface area contributed by atoms with Gasteiger partial charge >= 0.3 is 0 Å². The van der Waals surface area contributed by atoms with Crippen LogP contribution in [0.25, 0.3) is 0 Å². The maximum absolute atomic E-state index is 13.7. The first-order chi connectivity index (χ1) is 11.5. The Hall–Kier alpha value is -2.81. The Balaban J connectivity index is 1.80. The summed E-state index contributed by atoms with van der Waals surface area (Å²) in [5, 5.41) is 4.02. The number of sulfonamides is 1. The standard InChI is InChI=1S/C15H12F2N4O2S/c16-13-4-1-5-14(15(13)17)24(22,23)20-12-8-19-21(10-12)9-11-3-2-6-18-7-11/h1-8,10,20H,9H2. The molecule has 3 aromatic rings. The molecule has 0 saturated carbocycles. The number of pyridine rings is 1. The maximum Gasteiger partial charge on any atom is 0.265 e. The minimum Gasteiger partial charge on any atom is -0.276 e. The number of rotatable bonds is 5. The predicted octanol–water partition coefficient (Wildman–Crippen LogP) is 2.41. The van der Waals surface area contributed by atoms with Gasteiger partial charge in [0.2, 0.25) is 0 Å². The van der Waals surface area contributed by atoms with E-state index in [1.807, 2.05) is 6.07 Å². The van der Waals surface area contributed by atoms with E-state index in [1.165, 1.54) is 17.1 Å². The van der Waals surface area contributed by atoms with E-state index in [-0.39, 0.29) is 5.69 Å². The SMILES string of the molecule is O=S(=O)(Nc1cnn(Cc2cccnc2)c1)c1cccc(F)c1F. The van der Waals surface area contributed by atoms with Crippen LogP contribution in [0, 0.1) is 11.6 Å². The van der Waals surface area contributed by atoms with E-state index in [2.05, 4.69) is 14.8 Å². The van der Waals surface area contributed by atoms with Gasteiger partial charge in [0.1, 0.15) is 4.90 Å². The lowest BCUT2D eigenvalue weighted by atomic mass is 10.3. The summed E-state index contributed by atoms with van der Waals surface area (Å²) in [6.45, 7) is 0.393. The molecule has 9 heteroatoms. The summed E-state index contributed by atoms with van der Waals surface area (Å²) < 4.78 is 54.9. The average Bonchev–Trinajstić information content (AvgIpc) is 2.97. The first-order valence-electron chi connectivity index (χ1n) is 6.84. The lowest BCUT2D eigenvalue weighted by molar-refractivity contribution is 0.485. The molecule has 0 bridgehead atoms. The molecule has 3 rings (SSSR count). The third kappa shape index (κ3) is 3.40. The molecule has 1 aromatic carbocycles. The molecular weight excluding hydrogens is 338 g/mol. The second kappa shape index (κ2) is 6.36. The van der Waals surface area contributed by atoms with Gasteiger partial charge in [-0.3, -0.25) is 14.4 Å². The van der Waals surface area contributed by atoms with E-state index in [0.717, 1.165) is 23.8 Å². The van der Waals surface area contributed by atoms with Crippen LogP contribution in [0.15, 0.2) is 60.0 Å². The highest BCUT2D eigenvalue weighted by molar-refractivity contribution is 7.92. The van der Waals surface area contributed by atoms with Gasteiger partial charge in [-0.15, -0.1) is 0 Å². The zero-order valence-electron chi connectivity index (χ0n) is 12.2. The molecule has 0 unspecified atom stereocenters. The van der Waals surface area contributed by atoms with Gasteiger partial charge < -0.3 is 0 Å². The van der Waals surface area contributed by atoms with Crippen molar-refractivity contribution in [2.24, 2.45) is 0 Å². The van der Waals surface area contributed by atoms with Crippen molar-refractivity contribution in [3.63, 3.8) is 0 Å². The lowest BCUT2D eigenvalue weighted by Gasteiger charge is -2.07. The Morgan fingerprint density at radius 3 is 2.71 bits per heavy atom. The minimum absolute atomic E-state index is 0.141. The summed E-state index contributed by atoms with van der Waals surface area (Å²) in [4.78, 5) is 3.21. The largest absolute Gasteiger partial charge is 0.276 e. The van der Waals surface area contributed by atoms with Crippen LogP contribution in [-0.2, 0) is 16.6 Å². The zero-order valence-corrected chi connectivity index (χ0v) is 13.0. The fourth-order valence-electron chi connectivity index (χ4n) is 2.08. The second-order valence-electron chi connectivity index (χ2n) is 4.95. The van der Waals surface area contributed by atoms with Crippen LogP contribution in [0.2, 0.25) is 0 Å². The van der Waals surface area contributed by atoms with E-state index >= 15 is 0 Å². The molecule has 6 nitrogen and oxygen atoms in total. The summed E-state index contributed by atoms with van der Waals surface area (Å²) in [6.07, 6.45) is 6.03. The van der Waals surface area contributed by atoms with Crippen LogP contribution >= 0.6 is 0 Å². The molecule has 0 aliphatic heterocycles. The Bertz CT molecular complexity index is 959. The highest BCUT2D eigenvalue weighted by atomic mass is 32.2. The molecule has 1 N–H and O–H groups in total. The van der Waals surface area contributed by atoms with Gasteiger partial charge in [-0.1, -0.05) is 12.1 Å². The van der Waals surface area contributed by atoms with Gasteiger partial charge in [0.15, 0.2) is 11.6 Å². The topological polar surface area (TPSA) is 76.9 Å². The number of nitrogens with one attached hydrogen (secondary N) is 1. The number of anilines is 1. The number of hydrogen-bond donors (Lipinski definition) is 1. The summed E-state index contributed by atoms with van der Waals surface area (Å²) in [5.41, 5.74) is 1.02. The summed E-state index contributed by atoms with van der Waals surface area (Å²) >= 11 is 0. The molecule has 24 heavy (non-hydrogen) atoms. The fraction of sp³-hybridized carbons (Fsp3) is 0.0667. The first-order valence-corrected chi connectivity index (χ1v) is 8.32. The smallest absolute Gasteiger partial charge is 0.265 e. The highest BCUT2D eigenvalue weighted by Gasteiger charge is 2.22. The quantitative estimate of drug-likeness (QED) is 0.767. The molecule has 0 spiro atoms. The molecular formula is C15H12F2N4O2S. The van der Waals surface area contributed by atoms with Crippen LogP contribution < -0.4 is 4.72 Å². The van der Waals surface area contributed by atoms with Gasteiger partial charge in [-0.05, 0) is 23.8 Å². The van der Waals surface area contributed by atoms with Crippen LogP contribution in [0.4, 0.5) is 14.5 Å². The van der Waals surface area contributed by atoms with Crippen molar-refractivity contribution in [1.29, 1.82) is 0 Å². The van der Waals surface area contributed by atoms with Gasteiger partial charge in [0.25, 0.3) is 10.0 Å². The number of nitrogens with zero attached hydrogens (tertiary/aromatic N) is 3. The van der Waals surface area contributed by atoms with Crippen molar-refractivity contribution in [1.82, 2.24) is 14.8 Å². The number of halogens is 2. The molecule has 0 radical (unpaired) electrons. The molecule has 0 atom stereocenters. The van der Waals surface area contributed by atoms with Crippen molar-refractivity contribution in [2.75, 3.05) is 4.72 Å². The zero-order chi connectivity index (χ0) is 17.2. The Kier molecular flexibility index (Phi) is 4.26. The van der Waals surface area contributed by atoms with Crippen LogP contribution in [0.1, 0.15) is 5.56 Å². The number of benzene rings is 1. The van der Waals surface area contributed by atoms with Crippen molar-refractivity contribution >= 4 is 15.7 Å². The molecule has 2 aromatic heterocycles. The van der Waals surface area contributed by atoms with Crippen LogP contribution in [0.5, 0.6) is 0 Å². The summed E-state index contributed by atoms with van der Waals surface area (Å²) in [5.74, 6) is -2.65. The van der Waals surface area contributed by atoms with E-state index < -0.39 is 26.6 Å². The van der Waals surface area contributed by atoms with Crippen molar-refractivity contribution in [3.05, 3.63) is 72.3 Å². The number of aromatic nitrogens is 3. The molecule has 0 fully saturated rings. The third-order valence-corrected chi connectivity index (χ3v) is 4.56. The highest BCUT2D eigenvalue weighted by Crippen LogP contribution is 2.20. The van der Waals surface area contributed by atoms with E-state index in [0.29, 0.717) is 6.54 Å². The second-order valence-corrected chi connectivity index (χ2v) is 6.60. The molecule has 0 aliphatic rings. The summed E-state index contributed by atoms with van der Waals surface area (Å²) in [6, 6.07) is 6.58. The van der Waals surface area contributed by atoms with Crippen LogP contribution in [-0.4, -0.2) is 23.2 Å². The van der Waals surface area contributed by atoms with Gasteiger partial charge in [-0.25, -0.2) is 17.2 Å². The van der Waals surface area contributed by atoms with Crippen molar-refractivity contribution in [3.8, 4) is 0 Å². The van der Waals surface area contributed by atoms with E-state index in [4.69, 9.17) is 0 Å². The Morgan fingerprint density at radius 1 is 1.12 bits per heavy atom. The maximum atomic E-state index is 13.7. The van der Waals surface area contributed by atoms with Crippen molar-refractivity contribution < 1.29 is 17.2 Å². The fourth-order valence-corrected chi connectivity index (χ4v) is 3.20. The van der Waals surface area contributed by atoms with E-state index in [1.54, 1.807) is 18.5 Å². The molecule has 2 heterocycles. The van der Waals surface area contributed by atoms with E-state index in [9.17, 15) is 17.2 Å². The molecule has 124 valence electrons. The molecule has 0 amide bonds. The minimum atomic E-state index is -4.26. The summed E-state index contributed by atoms with van der Waals surface area (Å²) in [7, 11) is -4.26. The van der Waals surface area contributed by atoms with Gasteiger partial charge in [0, 0.05) is 18.6 Å². The Labute approximate surface area is 136 Å². The Morgan fingerprint density at radius 2 is 1.96 bits per heavy atom. The predicted molar refractivity (Wildman–Crippen MR) is 82.7 cm³/mol. The van der Waals surface area contributed by atoms with Gasteiger partial charge in [0.05, 0.1) is 18.4 Å². The normalized spacial score (nSPS) is 11.4. The lowest BCUT2D eigenvalue weighted by Crippen LogP contribution is -2.15. The van der Waals surface area contributed by atoms with Crippen molar-refractivity contribution in [2.45, 2.75) is 11.4 Å². The van der Waals surface area contributed by atoms with Gasteiger partial charge in [-0.2, -0.15) is 5.10 Å². The number of hydrogen-bond acceptors (Lipinski definition) is 4. The third-order valence-electron chi connectivity index (χ3n) is 3.16. The first kappa shape index (κ1) is 16.1. The molecule has 0 saturated heterocycles. The van der Waals surface area contributed by atoms with Crippen LogP contribution in [0.3, 0.4) is 0 Å². The average molecular weight is 350 g/mol. The monoisotopic (exact) mass is 350 g/mol. The molecule has 0 aliphatic carbocycles.